The van der Waals surface area contributed by atoms with Crippen LogP contribution in [0.2, 0.25) is 0 Å². The van der Waals surface area contributed by atoms with Gasteiger partial charge < -0.3 is 10.4 Å². The maximum Gasteiger partial charge on any atom is 0.223 e. The molecule has 1 heterocycles. The maximum atomic E-state index is 11.8. The molecule has 5 heteroatoms. The molecule has 1 rings (SSSR count). The van der Waals surface area contributed by atoms with E-state index >= 15 is 0 Å². The number of nitrogens with one attached hydrogen (secondary N) is 1. The van der Waals surface area contributed by atoms with Crippen LogP contribution in [0, 0.1) is 18.3 Å². The first-order chi connectivity index (χ1) is 8.63. The molecule has 0 spiro atoms. The Balaban J connectivity index is 2.25. The highest BCUT2D eigenvalue weighted by atomic mass is 32.1. The summed E-state index contributed by atoms with van der Waals surface area (Å²) in [7, 11) is 0. The number of carbonyl (C=O) groups excluding carboxylic acids is 1. The molecule has 0 aromatic carbocycles. The molecule has 1 amide bonds. The Morgan fingerprint density at radius 2 is 2.50 bits per heavy atom. The summed E-state index contributed by atoms with van der Waals surface area (Å²) >= 11 is 1.52. The highest BCUT2D eigenvalue weighted by molar-refractivity contribution is 7.07. The molecule has 18 heavy (non-hydrogen) atoms. The van der Waals surface area contributed by atoms with E-state index in [9.17, 15) is 9.90 Å². The summed E-state index contributed by atoms with van der Waals surface area (Å²) in [5, 5.41) is 14.2. The van der Waals surface area contributed by atoms with E-state index in [4.69, 9.17) is 6.42 Å². The Morgan fingerprint density at radius 1 is 1.72 bits per heavy atom. The number of aliphatic hydroxyl groups is 1. The number of rotatable bonds is 7. The third-order valence-corrected chi connectivity index (χ3v) is 3.22. The van der Waals surface area contributed by atoms with Crippen molar-refractivity contribution in [3.63, 3.8) is 0 Å². The van der Waals surface area contributed by atoms with Gasteiger partial charge in [-0.15, -0.1) is 23.7 Å². The zero-order chi connectivity index (χ0) is 13.4. The second-order valence-electron chi connectivity index (χ2n) is 4.23. The molecule has 1 aromatic rings. The van der Waals surface area contributed by atoms with E-state index in [0.717, 1.165) is 5.69 Å². The molecule has 0 saturated heterocycles. The molecule has 98 valence electrons. The molecule has 0 aliphatic rings. The molecule has 4 nitrogen and oxygen atoms in total. The Hall–Kier alpha value is -1.38. The first kappa shape index (κ1) is 14.7. The van der Waals surface area contributed by atoms with Crippen LogP contribution < -0.4 is 5.32 Å². The summed E-state index contributed by atoms with van der Waals surface area (Å²) in [6, 6.07) is 0. The number of carbonyl (C=O) groups is 1. The Labute approximate surface area is 111 Å². The van der Waals surface area contributed by atoms with Gasteiger partial charge in [0.05, 0.1) is 17.3 Å². The van der Waals surface area contributed by atoms with Crippen molar-refractivity contribution >= 4 is 17.2 Å². The number of amides is 1. The van der Waals surface area contributed by atoms with Gasteiger partial charge in [0.15, 0.2) is 0 Å². The van der Waals surface area contributed by atoms with Crippen molar-refractivity contribution in [2.75, 3.05) is 6.54 Å². The largest absolute Gasteiger partial charge is 0.391 e. The molecular formula is C13H18N2O2S. The zero-order valence-corrected chi connectivity index (χ0v) is 11.2. The van der Waals surface area contributed by atoms with Crippen LogP contribution in [0.3, 0.4) is 0 Å². The molecule has 0 aliphatic heterocycles. The number of aliphatic hydroxyl groups excluding tert-OH is 1. The van der Waals surface area contributed by atoms with Crippen molar-refractivity contribution in [2.24, 2.45) is 5.92 Å². The van der Waals surface area contributed by atoms with E-state index in [1.165, 1.54) is 11.3 Å². The van der Waals surface area contributed by atoms with E-state index < -0.39 is 6.10 Å². The van der Waals surface area contributed by atoms with Crippen LogP contribution in [-0.4, -0.2) is 28.6 Å². The number of hydrogen-bond acceptors (Lipinski definition) is 4. The summed E-state index contributed by atoms with van der Waals surface area (Å²) in [6.45, 7) is 2.10. The van der Waals surface area contributed by atoms with Crippen molar-refractivity contribution in [1.29, 1.82) is 0 Å². The van der Waals surface area contributed by atoms with Gasteiger partial charge >= 0.3 is 0 Å². The predicted molar refractivity (Wildman–Crippen MR) is 72.1 cm³/mol. The second-order valence-corrected chi connectivity index (χ2v) is 4.95. The molecule has 0 bridgehead atoms. The van der Waals surface area contributed by atoms with Crippen molar-refractivity contribution < 1.29 is 9.90 Å². The highest BCUT2D eigenvalue weighted by Gasteiger charge is 2.15. The van der Waals surface area contributed by atoms with Gasteiger partial charge in [-0.2, -0.15) is 0 Å². The smallest absolute Gasteiger partial charge is 0.223 e. The number of thiazole rings is 1. The standard InChI is InChI=1S/C13H18N2O2S/c1-3-4-5-12(16)7-14-13(17)10(2)6-11-8-18-9-15-11/h1,8-10,12,16H,4-7H2,2H3,(H,14,17)/t10-,12?/m0/s1. The van der Waals surface area contributed by atoms with Crippen LogP contribution in [0.1, 0.15) is 25.5 Å². The van der Waals surface area contributed by atoms with Crippen molar-refractivity contribution in [3.05, 3.63) is 16.6 Å². The van der Waals surface area contributed by atoms with Crippen LogP contribution in [0.25, 0.3) is 0 Å². The Morgan fingerprint density at radius 3 is 3.11 bits per heavy atom. The fourth-order valence-corrected chi connectivity index (χ4v) is 2.06. The van der Waals surface area contributed by atoms with Gasteiger partial charge in [-0.3, -0.25) is 4.79 Å². The minimum atomic E-state index is -0.573. The van der Waals surface area contributed by atoms with E-state index in [0.29, 0.717) is 19.3 Å². The first-order valence-electron chi connectivity index (χ1n) is 5.89. The highest BCUT2D eigenvalue weighted by Crippen LogP contribution is 2.09. The van der Waals surface area contributed by atoms with Crippen molar-refractivity contribution in [3.8, 4) is 12.3 Å². The molecule has 2 N–H and O–H groups in total. The molecule has 0 radical (unpaired) electrons. The molecule has 2 atom stereocenters. The predicted octanol–water partition coefficient (Wildman–Crippen LogP) is 1.21. The minimum Gasteiger partial charge on any atom is -0.391 e. The lowest BCUT2D eigenvalue weighted by atomic mass is 10.1. The fourth-order valence-electron chi connectivity index (χ4n) is 1.49. The van der Waals surface area contributed by atoms with Gasteiger partial charge in [0, 0.05) is 30.7 Å². The van der Waals surface area contributed by atoms with Crippen molar-refractivity contribution in [1.82, 2.24) is 10.3 Å². The number of terminal acetylenes is 1. The number of nitrogens with zero attached hydrogens (tertiary/aromatic N) is 1. The van der Waals surface area contributed by atoms with Crippen LogP contribution in [0.4, 0.5) is 0 Å². The van der Waals surface area contributed by atoms with E-state index in [2.05, 4.69) is 16.2 Å². The maximum absolute atomic E-state index is 11.8. The lowest BCUT2D eigenvalue weighted by Gasteiger charge is -2.14. The number of aromatic nitrogens is 1. The van der Waals surface area contributed by atoms with Gasteiger partial charge in [-0.1, -0.05) is 6.92 Å². The summed E-state index contributed by atoms with van der Waals surface area (Å²) in [6.07, 6.45) is 6.18. The van der Waals surface area contributed by atoms with Gasteiger partial charge in [0.25, 0.3) is 0 Å². The average molecular weight is 266 g/mol. The lowest BCUT2D eigenvalue weighted by molar-refractivity contribution is -0.124. The van der Waals surface area contributed by atoms with E-state index in [1.54, 1.807) is 5.51 Å². The quantitative estimate of drug-likeness (QED) is 0.729. The average Bonchev–Trinajstić information content (AvgIpc) is 2.86. The molecule has 0 saturated carbocycles. The molecular weight excluding hydrogens is 248 g/mol. The summed E-state index contributed by atoms with van der Waals surface area (Å²) in [5.41, 5.74) is 2.68. The van der Waals surface area contributed by atoms with Gasteiger partial charge in [-0.05, 0) is 6.42 Å². The van der Waals surface area contributed by atoms with Crippen LogP contribution in [0.15, 0.2) is 10.9 Å². The van der Waals surface area contributed by atoms with Gasteiger partial charge in [0.2, 0.25) is 5.91 Å². The summed E-state index contributed by atoms with van der Waals surface area (Å²) < 4.78 is 0. The summed E-state index contributed by atoms with van der Waals surface area (Å²) in [4.78, 5) is 15.9. The minimum absolute atomic E-state index is 0.0669. The molecule has 0 aliphatic carbocycles. The summed E-state index contributed by atoms with van der Waals surface area (Å²) in [5.74, 6) is 2.25. The lowest BCUT2D eigenvalue weighted by Crippen LogP contribution is -2.36. The SMILES string of the molecule is C#CCCC(O)CNC(=O)[C@@H](C)Cc1cscn1. The third-order valence-electron chi connectivity index (χ3n) is 2.58. The molecule has 1 aromatic heterocycles. The van der Waals surface area contributed by atoms with Crippen molar-refractivity contribution in [2.45, 2.75) is 32.3 Å². The monoisotopic (exact) mass is 266 g/mol. The van der Waals surface area contributed by atoms with E-state index in [-0.39, 0.29) is 18.4 Å². The van der Waals surface area contributed by atoms with Gasteiger partial charge in [-0.25, -0.2) is 4.98 Å². The topological polar surface area (TPSA) is 62.2 Å². The zero-order valence-electron chi connectivity index (χ0n) is 10.4. The van der Waals surface area contributed by atoms with Crippen LogP contribution >= 0.6 is 11.3 Å². The van der Waals surface area contributed by atoms with E-state index in [1.807, 2.05) is 12.3 Å². The Kier molecular flexibility index (Phi) is 6.40. The number of hydrogen-bond donors (Lipinski definition) is 2. The van der Waals surface area contributed by atoms with Crippen LogP contribution in [-0.2, 0) is 11.2 Å². The molecule has 0 fully saturated rings. The second kappa shape index (κ2) is 7.85. The third kappa shape index (κ3) is 5.30. The molecule has 1 unspecified atom stereocenters. The van der Waals surface area contributed by atoms with Crippen LogP contribution in [0.5, 0.6) is 0 Å². The first-order valence-corrected chi connectivity index (χ1v) is 6.84. The normalized spacial score (nSPS) is 13.6. The Bertz CT molecular complexity index is 398. The van der Waals surface area contributed by atoms with Gasteiger partial charge in [0.1, 0.15) is 0 Å². The fraction of sp³-hybridized carbons (Fsp3) is 0.538.